The van der Waals surface area contributed by atoms with Crippen LogP contribution in [0.1, 0.15) is 54.4 Å². The van der Waals surface area contributed by atoms with Crippen molar-refractivity contribution in [1.29, 1.82) is 0 Å². The third-order valence-corrected chi connectivity index (χ3v) is 7.85. The van der Waals surface area contributed by atoms with Crippen molar-refractivity contribution in [3.05, 3.63) is 143 Å². The number of carbonyl (C=O) groups excluding carboxylic acids is 2. The lowest BCUT2D eigenvalue weighted by molar-refractivity contribution is -0.142. The molecule has 0 bridgehead atoms. The fourth-order valence-electron chi connectivity index (χ4n) is 5.05. The Morgan fingerprint density at radius 1 is 0.880 bits per heavy atom. The Hall–Kier alpha value is -5.43. The van der Waals surface area contributed by atoms with Gasteiger partial charge in [-0.3, -0.25) is 0 Å². The van der Waals surface area contributed by atoms with Crippen LogP contribution in [0.3, 0.4) is 0 Å². The molecule has 1 unspecified atom stereocenters. The van der Waals surface area contributed by atoms with Crippen LogP contribution in [0.4, 0.5) is 13.2 Å². The zero-order valence-corrected chi connectivity index (χ0v) is 27.4. The number of carbonyl (C=O) groups is 2. The highest BCUT2D eigenvalue weighted by Gasteiger charge is 2.18. The van der Waals surface area contributed by atoms with Crippen molar-refractivity contribution in [3.8, 4) is 28.7 Å². The van der Waals surface area contributed by atoms with Crippen LogP contribution in [0.5, 0.6) is 5.75 Å². The van der Waals surface area contributed by atoms with Gasteiger partial charge >= 0.3 is 11.9 Å². The molecule has 6 nitrogen and oxygen atoms in total. The van der Waals surface area contributed by atoms with Gasteiger partial charge in [-0.15, -0.1) is 0 Å². The molecule has 0 saturated heterocycles. The Bertz CT molecular complexity index is 1890. The Morgan fingerprint density at radius 3 is 2.26 bits per heavy atom. The van der Waals surface area contributed by atoms with Crippen molar-refractivity contribution in [2.45, 2.75) is 44.6 Å². The van der Waals surface area contributed by atoms with Gasteiger partial charge in [-0.1, -0.05) is 67.8 Å². The predicted octanol–water partition coefficient (Wildman–Crippen LogP) is 8.03. The van der Waals surface area contributed by atoms with Crippen molar-refractivity contribution in [2.75, 3.05) is 13.2 Å². The van der Waals surface area contributed by atoms with Crippen LogP contribution in [0.25, 0.3) is 16.7 Å². The first-order valence-electron chi connectivity index (χ1n) is 16.0. The summed E-state index contributed by atoms with van der Waals surface area (Å²) in [6, 6.07) is 17.4. The molecule has 0 amide bonds. The molecule has 0 fully saturated rings. The van der Waals surface area contributed by atoms with E-state index in [0.717, 1.165) is 41.2 Å². The third-order valence-electron chi connectivity index (χ3n) is 7.85. The lowest BCUT2D eigenvalue weighted by Crippen LogP contribution is -2.19. The van der Waals surface area contributed by atoms with Crippen LogP contribution in [0, 0.1) is 17.7 Å². The first-order chi connectivity index (χ1) is 24.1. The van der Waals surface area contributed by atoms with Crippen LogP contribution in [0.15, 0.2) is 115 Å². The molecule has 0 heterocycles. The smallest absolute Gasteiger partial charge is 0.341 e. The predicted molar refractivity (Wildman–Crippen MR) is 186 cm³/mol. The standard InChI is InChI=1S/C41H37F3O6/c1-27(25-45)40(47)49-35-18-14-31(15-19-35)34-13-12-30(33(24-34)7-5-3-4-6-8-39(43)44)11-9-29-10-22-37(38(42)23-29)32-16-20-36(21-17-32)50-41(48)28(2)26-46/h8,10,12-20,22-24,36,45-46H,1-7,21,25-26H2. The quantitative estimate of drug-likeness (QED) is 0.0588. The van der Waals surface area contributed by atoms with Crippen molar-refractivity contribution in [3.63, 3.8) is 0 Å². The van der Waals surface area contributed by atoms with Crippen LogP contribution < -0.4 is 4.74 Å². The molecule has 2 N–H and O–H groups in total. The summed E-state index contributed by atoms with van der Waals surface area (Å²) < 4.78 is 50.6. The van der Waals surface area contributed by atoms with E-state index < -0.39 is 43.2 Å². The maximum Gasteiger partial charge on any atom is 0.341 e. The molecule has 1 aliphatic carbocycles. The summed E-state index contributed by atoms with van der Waals surface area (Å²) in [5.74, 6) is 4.68. The van der Waals surface area contributed by atoms with Gasteiger partial charge in [0.2, 0.25) is 0 Å². The van der Waals surface area contributed by atoms with Crippen molar-refractivity contribution < 1.29 is 42.4 Å². The number of ether oxygens (including phenoxy) is 2. The number of rotatable bonds is 14. The summed E-state index contributed by atoms with van der Waals surface area (Å²) in [6.45, 7) is 5.92. The zero-order valence-electron chi connectivity index (χ0n) is 27.4. The molecule has 50 heavy (non-hydrogen) atoms. The molecule has 0 aliphatic heterocycles. The van der Waals surface area contributed by atoms with Gasteiger partial charge in [0.05, 0.1) is 24.4 Å². The van der Waals surface area contributed by atoms with E-state index in [2.05, 4.69) is 25.0 Å². The minimum absolute atomic E-state index is 0.0430. The lowest BCUT2D eigenvalue weighted by atomic mass is 9.95. The van der Waals surface area contributed by atoms with Crippen molar-refractivity contribution in [1.82, 2.24) is 0 Å². The highest BCUT2D eigenvalue weighted by atomic mass is 19.3. The third kappa shape index (κ3) is 10.8. The largest absolute Gasteiger partial charge is 0.454 e. The normalized spacial score (nSPS) is 13.4. The van der Waals surface area contributed by atoms with E-state index in [9.17, 15) is 18.4 Å². The van der Waals surface area contributed by atoms with Crippen molar-refractivity contribution in [2.24, 2.45) is 0 Å². The molecule has 9 heteroatoms. The van der Waals surface area contributed by atoms with Crippen LogP contribution >= 0.6 is 0 Å². The van der Waals surface area contributed by atoms with Crippen LogP contribution in [0.2, 0.25) is 0 Å². The number of aliphatic hydroxyl groups is 2. The number of allylic oxidation sites excluding steroid dienone is 3. The Labute approximate surface area is 289 Å². The summed E-state index contributed by atoms with van der Waals surface area (Å²) in [4.78, 5) is 23.8. The summed E-state index contributed by atoms with van der Waals surface area (Å²) in [5, 5.41) is 18.1. The zero-order chi connectivity index (χ0) is 36.0. The van der Waals surface area contributed by atoms with Gasteiger partial charge in [0.1, 0.15) is 17.7 Å². The SMILES string of the molecule is C=C(CO)C(=O)Oc1ccc(-c2ccc(C#Cc3ccc(C4=CCC(OC(=O)C(=C)CO)C=C4)c(F)c3)c(CCCCCC=C(F)F)c2)cc1. The van der Waals surface area contributed by atoms with E-state index >= 15 is 4.39 Å². The number of aryl methyl sites for hydroxylation is 1. The molecule has 1 atom stereocenters. The number of esters is 2. The fourth-order valence-corrected chi connectivity index (χ4v) is 5.05. The van der Waals surface area contributed by atoms with E-state index in [1.54, 1.807) is 54.6 Å². The highest BCUT2D eigenvalue weighted by molar-refractivity contribution is 5.90. The molecule has 258 valence electrons. The first kappa shape index (κ1) is 37.4. The molecule has 0 spiro atoms. The lowest BCUT2D eigenvalue weighted by Gasteiger charge is -2.18. The topological polar surface area (TPSA) is 93.1 Å². The number of halogens is 3. The van der Waals surface area contributed by atoms with E-state index in [1.165, 1.54) is 6.07 Å². The fraction of sp³-hybridized carbons (Fsp3) is 0.220. The van der Waals surface area contributed by atoms with Crippen molar-refractivity contribution >= 4 is 17.5 Å². The van der Waals surface area contributed by atoms with E-state index in [4.69, 9.17) is 19.7 Å². The number of hydrogen-bond donors (Lipinski definition) is 2. The summed E-state index contributed by atoms with van der Waals surface area (Å²) in [7, 11) is 0. The van der Waals surface area contributed by atoms with E-state index in [-0.39, 0.29) is 11.1 Å². The Kier molecular flexibility index (Phi) is 13.7. The summed E-state index contributed by atoms with van der Waals surface area (Å²) in [6.07, 6.45) is 7.25. The minimum atomic E-state index is -1.68. The maximum absolute atomic E-state index is 15.3. The maximum atomic E-state index is 15.3. The second kappa shape index (κ2) is 18.4. The van der Waals surface area contributed by atoms with Crippen LogP contribution in [-0.2, 0) is 20.7 Å². The number of hydrogen-bond acceptors (Lipinski definition) is 6. The Morgan fingerprint density at radius 2 is 1.60 bits per heavy atom. The molecule has 4 rings (SSSR count). The molecule has 3 aromatic rings. The van der Waals surface area contributed by atoms with E-state index in [0.29, 0.717) is 48.1 Å². The monoisotopic (exact) mass is 682 g/mol. The number of benzene rings is 3. The van der Waals surface area contributed by atoms with Gasteiger partial charge in [-0.05, 0) is 96.5 Å². The molecule has 0 saturated carbocycles. The minimum Gasteiger partial charge on any atom is -0.454 e. The summed E-state index contributed by atoms with van der Waals surface area (Å²) in [5.41, 5.74) is 4.85. The van der Waals surface area contributed by atoms with Gasteiger partial charge in [0.25, 0.3) is 6.08 Å². The second-order valence-corrected chi connectivity index (χ2v) is 11.5. The first-order valence-corrected chi connectivity index (χ1v) is 16.0. The molecule has 1 aliphatic rings. The Balaban J connectivity index is 1.51. The van der Waals surface area contributed by atoms with E-state index in [1.807, 2.05) is 18.2 Å². The molecular formula is C41H37F3O6. The molecule has 0 aromatic heterocycles. The van der Waals surface area contributed by atoms with Gasteiger partial charge in [0.15, 0.2) is 0 Å². The van der Waals surface area contributed by atoms with Crippen LogP contribution in [-0.4, -0.2) is 41.5 Å². The summed E-state index contributed by atoms with van der Waals surface area (Å²) >= 11 is 0. The molecule has 0 radical (unpaired) electrons. The van der Waals surface area contributed by atoms with Gasteiger partial charge in [-0.25, -0.2) is 14.0 Å². The molecule has 3 aromatic carbocycles. The van der Waals surface area contributed by atoms with Gasteiger partial charge in [0, 0.05) is 23.1 Å². The van der Waals surface area contributed by atoms with Gasteiger partial charge < -0.3 is 19.7 Å². The number of aliphatic hydroxyl groups excluding tert-OH is 2. The second-order valence-electron chi connectivity index (χ2n) is 11.5. The van der Waals surface area contributed by atoms with Gasteiger partial charge in [-0.2, -0.15) is 8.78 Å². The molecular weight excluding hydrogens is 645 g/mol. The highest BCUT2D eigenvalue weighted by Crippen LogP contribution is 2.28. The average molecular weight is 683 g/mol. The number of unbranched alkanes of at least 4 members (excludes halogenated alkanes) is 3. The average Bonchev–Trinajstić information content (AvgIpc) is 3.12.